The number of pyridine rings is 1. The summed E-state index contributed by atoms with van der Waals surface area (Å²) in [4.78, 5) is 23.2. The zero-order valence-electron chi connectivity index (χ0n) is 14.6. The molecule has 1 aliphatic heterocycles. The maximum Gasteiger partial charge on any atom is 0.257 e. The van der Waals surface area contributed by atoms with Crippen LogP contribution in [0.4, 0.5) is 0 Å². The number of amides is 1. The SMILES string of the molecule is Cc1ccc(C(=O)N2CCC(Cc3noc(-c4ccccc4)n3)C2)cn1. The summed E-state index contributed by atoms with van der Waals surface area (Å²) in [5, 5.41) is 4.09. The summed E-state index contributed by atoms with van der Waals surface area (Å²) in [6.45, 7) is 3.37. The molecule has 1 unspecified atom stereocenters. The van der Waals surface area contributed by atoms with Crippen LogP contribution in [0.2, 0.25) is 0 Å². The van der Waals surface area contributed by atoms with Crippen molar-refractivity contribution >= 4 is 5.91 Å². The Hall–Kier alpha value is -3.02. The molecule has 1 atom stereocenters. The van der Waals surface area contributed by atoms with Crippen molar-refractivity contribution in [1.82, 2.24) is 20.0 Å². The lowest BCUT2D eigenvalue weighted by atomic mass is 10.0. The monoisotopic (exact) mass is 348 g/mol. The Balaban J connectivity index is 1.38. The summed E-state index contributed by atoms with van der Waals surface area (Å²) in [6, 6.07) is 13.4. The summed E-state index contributed by atoms with van der Waals surface area (Å²) in [5.41, 5.74) is 2.47. The second-order valence-electron chi connectivity index (χ2n) is 6.68. The molecule has 0 bridgehead atoms. The van der Waals surface area contributed by atoms with Crippen LogP contribution in [-0.4, -0.2) is 39.0 Å². The van der Waals surface area contributed by atoms with Crippen LogP contribution in [0.3, 0.4) is 0 Å². The quantitative estimate of drug-likeness (QED) is 0.724. The highest BCUT2D eigenvalue weighted by atomic mass is 16.5. The predicted molar refractivity (Wildman–Crippen MR) is 96.4 cm³/mol. The fourth-order valence-corrected chi connectivity index (χ4v) is 3.25. The Kier molecular flexibility index (Phi) is 4.48. The van der Waals surface area contributed by atoms with E-state index in [1.807, 2.05) is 54.3 Å². The highest BCUT2D eigenvalue weighted by Crippen LogP contribution is 2.23. The molecule has 6 nitrogen and oxygen atoms in total. The first-order chi connectivity index (χ1) is 12.7. The van der Waals surface area contributed by atoms with Crippen LogP contribution < -0.4 is 0 Å². The van der Waals surface area contributed by atoms with Gasteiger partial charge in [0, 0.05) is 37.0 Å². The van der Waals surface area contributed by atoms with E-state index in [0.717, 1.165) is 24.2 Å². The molecule has 0 N–H and O–H groups in total. The van der Waals surface area contributed by atoms with E-state index in [-0.39, 0.29) is 5.91 Å². The molecule has 132 valence electrons. The van der Waals surface area contributed by atoms with E-state index < -0.39 is 0 Å². The third kappa shape index (κ3) is 3.49. The lowest BCUT2D eigenvalue weighted by Crippen LogP contribution is -2.29. The van der Waals surface area contributed by atoms with Gasteiger partial charge in [-0.25, -0.2) is 0 Å². The van der Waals surface area contributed by atoms with Crippen molar-refractivity contribution in [3.63, 3.8) is 0 Å². The Morgan fingerprint density at radius 2 is 2.08 bits per heavy atom. The van der Waals surface area contributed by atoms with Gasteiger partial charge in [0.1, 0.15) is 0 Å². The van der Waals surface area contributed by atoms with E-state index in [0.29, 0.717) is 36.2 Å². The lowest BCUT2D eigenvalue weighted by molar-refractivity contribution is 0.0786. The minimum Gasteiger partial charge on any atom is -0.338 e. The summed E-state index contributed by atoms with van der Waals surface area (Å²) in [6.07, 6.45) is 3.31. The molecule has 1 saturated heterocycles. The third-order valence-corrected chi connectivity index (χ3v) is 4.69. The van der Waals surface area contributed by atoms with Crippen LogP contribution in [0.1, 0.15) is 28.3 Å². The number of hydrogen-bond donors (Lipinski definition) is 0. The molecule has 2 aromatic heterocycles. The smallest absolute Gasteiger partial charge is 0.257 e. The average molecular weight is 348 g/mol. The number of aromatic nitrogens is 3. The molecule has 6 heteroatoms. The Morgan fingerprint density at radius 1 is 1.23 bits per heavy atom. The van der Waals surface area contributed by atoms with Gasteiger partial charge in [0.05, 0.1) is 5.56 Å². The highest BCUT2D eigenvalue weighted by molar-refractivity contribution is 5.94. The summed E-state index contributed by atoms with van der Waals surface area (Å²) in [5.74, 6) is 1.62. The number of carbonyl (C=O) groups is 1. The molecule has 0 radical (unpaired) electrons. The molecule has 3 aromatic rings. The van der Waals surface area contributed by atoms with Crippen molar-refractivity contribution in [1.29, 1.82) is 0 Å². The van der Waals surface area contributed by atoms with Crippen molar-refractivity contribution in [3.8, 4) is 11.5 Å². The van der Waals surface area contributed by atoms with Gasteiger partial charge in [-0.2, -0.15) is 4.98 Å². The molecule has 1 amide bonds. The van der Waals surface area contributed by atoms with Crippen molar-refractivity contribution in [2.24, 2.45) is 5.92 Å². The molecular formula is C20H20N4O2. The van der Waals surface area contributed by atoms with Gasteiger partial charge in [-0.1, -0.05) is 23.4 Å². The molecule has 26 heavy (non-hydrogen) atoms. The minimum absolute atomic E-state index is 0.0399. The van der Waals surface area contributed by atoms with Crippen molar-refractivity contribution in [2.75, 3.05) is 13.1 Å². The van der Waals surface area contributed by atoms with Gasteiger partial charge in [0.2, 0.25) is 0 Å². The summed E-state index contributed by atoms with van der Waals surface area (Å²) >= 11 is 0. The largest absolute Gasteiger partial charge is 0.338 e. The first-order valence-electron chi connectivity index (χ1n) is 8.79. The van der Waals surface area contributed by atoms with E-state index in [2.05, 4.69) is 15.1 Å². The van der Waals surface area contributed by atoms with Crippen LogP contribution in [0.5, 0.6) is 0 Å². The molecule has 4 rings (SSSR count). The molecule has 0 aliphatic carbocycles. The van der Waals surface area contributed by atoms with Crippen LogP contribution in [0.25, 0.3) is 11.5 Å². The van der Waals surface area contributed by atoms with E-state index in [1.165, 1.54) is 0 Å². The maximum absolute atomic E-state index is 12.6. The fourth-order valence-electron chi connectivity index (χ4n) is 3.25. The third-order valence-electron chi connectivity index (χ3n) is 4.69. The zero-order valence-corrected chi connectivity index (χ0v) is 14.6. The number of carbonyl (C=O) groups excluding carboxylic acids is 1. The minimum atomic E-state index is 0.0399. The Labute approximate surface area is 151 Å². The second-order valence-corrected chi connectivity index (χ2v) is 6.68. The standard InChI is InChI=1S/C20H20N4O2/c1-14-7-8-17(12-21-14)20(25)24-10-9-15(13-24)11-18-22-19(26-23-18)16-5-3-2-4-6-16/h2-8,12,15H,9-11,13H2,1H3. The molecule has 3 heterocycles. The number of aryl methyl sites for hydroxylation is 1. The van der Waals surface area contributed by atoms with Crippen molar-refractivity contribution < 1.29 is 9.32 Å². The molecule has 1 aliphatic rings. The van der Waals surface area contributed by atoms with Gasteiger partial charge in [-0.15, -0.1) is 0 Å². The van der Waals surface area contributed by atoms with Gasteiger partial charge >= 0.3 is 0 Å². The van der Waals surface area contributed by atoms with Gasteiger partial charge in [0.15, 0.2) is 5.82 Å². The fraction of sp³-hybridized carbons (Fsp3) is 0.300. The number of benzene rings is 1. The second kappa shape index (κ2) is 7.07. The number of nitrogens with zero attached hydrogens (tertiary/aromatic N) is 4. The van der Waals surface area contributed by atoms with Gasteiger partial charge in [0.25, 0.3) is 11.8 Å². The van der Waals surface area contributed by atoms with Crippen LogP contribution >= 0.6 is 0 Å². The lowest BCUT2D eigenvalue weighted by Gasteiger charge is -2.16. The van der Waals surface area contributed by atoms with Crippen molar-refractivity contribution in [3.05, 3.63) is 65.7 Å². The average Bonchev–Trinajstić information content (AvgIpc) is 3.33. The summed E-state index contributed by atoms with van der Waals surface area (Å²) in [7, 11) is 0. The van der Waals surface area contributed by atoms with Crippen molar-refractivity contribution in [2.45, 2.75) is 19.8 Å². The Morgan fingerprint density at radius 3 is 2.85 bits per heavy atom. The number of rotatable bonds is 4. The summed E-state index contributed by atoms with van der Waals surface area (Å²) < 4.78 is 5.37. The van der Waals surface area contributed by atoms with E-state index in [4.69, 9.17) is 4.52 Å². The number of hydrogen-bond acceptors (Lipinski definition) is 5. The first kappa shape index (κ1) is 16.4. The normalized spacial score (nSPS) is 16.8. The van der Waals surface area contributed by atoms with E-state index in [9.17, 15) is 4.79 Å². The van der Waals surface area contributed by atoms with E-state index in [1.54, 1.807) is 6.20 Å². The molecule has 1 aromatic carbocycles. The maximum atomic E-state index is 12.6. The van der Waals surface area contributed by atoms with Gasteiger partial charge < -0.3 is 9.42 Å². The van der Waals surface area contributed by atoms with Gasteiger partial charge in [-0.3, -0.25) is 9.78 Å². The first-order valence-corrected chi connectivity index (χ1v) is 8.79. The van der Waals surface area contributed by atoms with Gasteiger partial charge in [-0.05, 0) is 43.5 Å². The van der Waals surface area contributed by atoms with Crippen LogP contribution in [-0.2, 0) is 6.42 Å². The molecular weight excluding hydrogens is 328 g/mol. The highest BCUT2D eigenvalue weighted by Gasteiger charge is 2.28. The number of likely N-dealkylation sites (tertiary alicyclic amines) is 1. The Bertz CT molecular complexity index is 890. The molecule has 0 saturated carbocycles. The van der Waals surface area contributed by atoms with E-state index >= 15 is 0 Å². The molecule has 1 fully saturated rings. The van der Waals surface area contributed by atoms with Crippen LogP contribution in [0.15, 0.2) is 53.2 Å². The topological polar surface area (TPSA) is 72.1 Å². The zero-order chi connectivity index (χ0) is 17.9. The van der Waals surface area contributed by atoms with Crippen LogP contribution in [0, 0.1) is 12.8 Å². The predicted octanol–water partition coefficient (Wildman–Crippen LogP) is 3.14. The molecule has 0 spiro atoms.